The van der Waals surface area contributed by atoms with E-state index in [2.05, 4.69) is 0 Å². The first-order valence-electron chi connectivity index (χ1n) is 6.30. The Morgan fingerprint density at radius 2 is 2.32 bits per heavy atom. The average molecular weight is 277 g/mol. The number of nitrogens with two attached hydrogens (primary N) is 1. The minimum absolute atomic E-state index is 0.000509. The summed E-state index contributed by atoms with van der Waals surface area (Å²) in [5.41, 5.74) is 7.05. The van der Waals surface area contributed by atoms with Gasteiger partial charge in [-0.3, -0.25) is 4.79 Å². The second-order valence-electron chi connectivity index (χ2n) is 4.55. The lowest BCUT2D eigenvalue weighted by Crippen LogP contribution is -2.30. The quantitative estimate of drug-likeness (QED) is 0.934. The molecule has 0 aliphatic rings. The molecule has 19 heavy (non-hydrogen) atoms. The van der Waals surface area contributed by atoms with E-state index in [1.807, 2.05) is 43.0 Å². The van der Waals surface area contributed by atoms with Gasteiger partial charge in [0.15, 0.2) is 0 Å². The second kappa shape index (κ2) is 5.48. The highest BCUT2D eigenvalue weighted by Crippen LogP contribution is 2.25. The molecule has 1 atom stereocenters. The first-order chi connectivity index (χ1) is 9.04. The van der Waals surface area contributed by atoms with E-state index in [0.717, 1.165) is 6.54 Å². The molecule has 5 heteroatoms. The number of nitrogen functional groups attached to an aromatic ring is 1. The molecular formula is C14H19N3OS. The number of amides is 1. The molecule has 0 spiro atoms. The molecule has 4 nitrogen and oxygen atoms in total. The van der Waals surface area contributed by atoms with E-state index in [1.54, 1.807) is 28.5 Å². The van der Waals surface area contributed by atoms with Crippen molar-refractivity contribution in [1.82, 2.24) is 9.47 Å². The third kappa shape index (κ3) is 2.66. The summed E-state index contributed by atoms with van der Waals surface area (Å²) >= 11 is 1.66. The zero-order chi connectivity index (χ0) is 14.0. The van der Waals surface area contributed by atoms with Gasteiger partial charge >= 0.3 is 0 Å². The van der Waals surface area contributed by atoms with Crippen molar-refractivity contribution in [2.24, 2.45) is 0 Å². The Morgan fingerprint density at radius 1 is 1.58 bits per heavy atom. The topological polar surface area (TPSA) is 51.3 Å². The fourth-order valence-corrected chi connectivity index (χ4v) is 2.88. The van der Waals surface area contributed by atoms with Gasteiger partial charge in [0.25, 0.3) is 5.91 Å². The van der Waals surface area contributed by atoms with Crippen LogP contribution in [0.1, 0.15) is 35.3 Å². The summed E-state index contributed by atoms with van der Waals surface area (Å²) in [7, 11) is 1.83. The van der Waals surface area contributed by atoms with E-state index in [4.69, 9.17) is 5.73 Å². The molecule has 1 amide bonds. The van der Waals surface area contributed by atoms with Gasteiger partial charge in [0, 0.05) is 24.7 Å². The SMILES string of the molecule is CCn1cc(N)cc1C(=O)N(C)C(C)c1cccs1. The van der Waals surface area contributed by atoms with Gasteiger partial charge in [-0.1, -0.05) is 6.07 Å². The maximum atomic E-state index is 12.5. The molecule has 0 saturated heterocycles. The van der Waals surface area contributed by atoms with Crippen LogP contribution in [0.3, 0.4) is 0 Å². The van der Waals surface area contributed by atoms with Crippen LogP contribution in [0.5, 0.6) is 0 Å². The summed E-state index contributed by atoms with van der Waals surface area (Å²) in [5.74, 6) is -0.000509. The zero-order valence-electron chi connectivity index (χ0n) is 11.5. The van der Waals surface area contributed by atoms with E-state index < -0.39 is 0 Å². The van der Waals surface area contributed by atoms with Crippen LogP contribution in [0.15, 0.2) is 29.8 Å². The molecule has 2 rings (SSSR count). The van der Waals surface area contributed by atoms with Crippen molar-refractivity contribution in [2.75, 3.05) is 12.8 Å². The molecule has 2 N–H and O–H groups in total. The average Bonchev–Trinajstić information content (AvgIpc) is 3.04. The largest absolute Gasteiger partial charge is 0.397 e. The van der Waals surface area contributed by atoms with Crippen LogP contribution >= 0.6 is 11.3 Å². The number of thiophene rings is 1. The molecule has 0 aliphatic carbocycles. The van der Waals surface area contributed by atoms with E-state index in [0.29, 0.717) is 11.4 Å². The summed E-state index contributed by atoms with van der Waals surface area (Å²) in [6, 6.07) is 5.85. The number of aromatic nitrogens is 1. The van der Waals surface area contributed by atoms with Crippen LogP contribution in [-0.2, 0) is 6.54 Å². The van der Waals surface area contributed by atoms with Gasteiger partial charge in [0.2, 0.25) is 0 Å². The Balaban J connectivity index is 2.23. The number of carbonyl (C=O) groups is 1. The number of aryl methyl sites for hydroxylation is 1. The lowest BCUT2D eigenvalue weighted by atomic mass is 10.2. The Kier molecular flexibility index (Phi) is 3.95. The molecule has 0 bridgehead atoms. The van der Waals surface area contributed by atoms with Gasteiger partial charge in [0.05, 0.1) is 11.7 Å². The van der Waals surface area contributed by atoms with Crippen LogP contribution in [-0.4, -0.2) is 22.4 Å². The van der Waals surface area contributed by atoms with Gasteiger partial charge in [0.1, 0.15) is 5.69 Å². The van der Waals surface area contributed by atoms with E-state index in [-0.39, 0.29) is 11.9 Å². The molecule has 0 aliphatic heterocycles. The van der Waals surface area contributed by atoms with E-state index in [1.165, 1.54) is 4.88 Å². The number of nitrogens with zero attached hydrogens (tertiary/aromatic N) is 2. The smallest absolute Gasteiger partial charge is 0.270 e. The molecule has 102 valence electrons. The molecule has 0 fully saturated rings. The van der Waals surface area contributed by atoms with Gasteiger partial charge in [-0.15, -0.1) is 11.3 Å². The number of rotatable bonds is 4. The van der Waals surface area contributed by atoms with E-state index in [9.17, 15) is 4.79 Å². The van der Waals surface area contributed by atoms with Gasteiger partial charge in [-0.2, -0.15) is 0 Å². The fourth-order valence-electron chi connectivity index (χ4n) is 2.05. The zero-order valence-corrected chi connectivity index (χ0v) is 12.3. The monoisotopic (exact) mass is 277 g/mol. The first-order valence-corrected chi connectivity index (χ1v) is 7.18. The minimum Gasteiger partial charge on any atom is -0.397 e. The molecule has 0 aromatic carbocycles. The van der Waals surface area contributed by atoms with Crippen molar-refractivity contribution in [3.63, 3.8) is 0 Å². The minimum atomic E-state index is -0.000509. The molecule has 0 radical (unpaired) electrons. The predicted octanol–water partition coefficient (Wildman–Crippen LogP) is 2.98. The maximum Gasteiger partial charge on any atom is 0.270 e. The number of hydrogen-bond donors (Lipinski definition) is 1. The lowest BCUT2D eigenvalue weighted by molar-refractivity contribution is 0.0734. The molecule has 1 unspecified atom stereocenters. The molecular weight excluding hydrogens is 258 g/mol. The summed E-state index contributed by atoms with van der Waals surface area (Å²) in [6.07, 6.45) is 1.80. The third-order valence-corrected chi connectivity index (χ3v) is 4.38. The highest BCUT2D eigenvalue weighted by Gasteiger charge is 2.22. The van der Waals surface area contributed by atoms with Gasteiger partial charge < -0.3 is 15.2 Å². The Morgan fingerprint density at radius 3 is 2.89 bits per heavy atom. The summed E-state index contributed by atoms with van der Waals surface area (Å²) < 4.78 is 1.88. The van der Waals surface area contributed by atoms with Crippen molar-refractivity contribution in [3.8, 4) is 0 Å². The van der Waals surface area contributed by atoms with Gasteiger partial charge in [-0.25, -0.2) is 0 Å². The molecule has 2 aromatic heterocycles. The lowest BCUT2D eigenvalue weighted by Gasteiger charge is -2.24. The maximum absolute atomic E-state index is 12.5. The highest BCUT2D eigenvalue weighted by atomic mass is 32.1. The van der Waals surface area contributed by atoms with Crippen molar-refractivity contribution in [1.29, 1.82) is 0 Å². The fraction of sp³-hybridized carbons (Fsp3) is 0.357. The number of anilines is 1. The van der Waals surface area contributed by atoms with Gasteiger partial charge in [-0.05, 0) is 31.4 Å². The summed E-state index contributed by atoms with van der Waals surface area (Å²) in [4.78, 5) is 15.5. The molecule has 0 saturated carbocycles. The normalized spacial score (nSPS) is 12.4. The van der Waals surface area contributed by atoms with Crippen LogP contribution in [0.25, 0.3) is 0 Å². The number of hydrogen-bond acceptors (Lipinski definition) is 3. The van der Waals surface area contributed by atoms with Crippen LogP contribution < -0.4 is 5.73 Å². The van der Waals surface area contributed by atoms with E-state index >= 15 is 0 Å². The highest BCUT2D eigenvalue weighted by molar-refractivity contribution is 7.10. The van der Waals surface area contributed by atoms with Crippen molar-refractivity contribution < 1.29 is 4.79 Å². The van der Waals surface area contributed by atoms with Crippen molar-refractivity contribution >= 4 is 22.9 Å². The summed E-state index contributed by atoms with van der Waals surface area (Å²) in [6.45, 7) is 4.77. The van der Waals surface area contributed by atoms with Crippen molar-refractivity contribution in [2.45, 2.75) is 26.4 Å². The first kappa shape index (κ1) is 13.7. The predicted molar refractivity (Wildman–Crippen MR) is 79.3 cm³/mol. The third-order valence-electron chi connectivity index (χ3n) is 3.33. The van der Waals surface area contributed by atoms with Crippen molar-refractivity contribution in [3.05, 3.63) is 40.3 Å². The Bertz CT molecular complexity index is 559. The van der Waals surface area contributed by atoms with Crippen LogP contribution in [0.2, 0.25) is 0 Å². The second-order valence-corrected chi connectivity index (χ2v) is 5.53. The number of carbonyl (C=O) groups excluding carboxylic acids is 1. The standard InChI is InChI=1S/C14H19N3OS/c1-4-17-9-11(15)8-12(17)14(18)16(3)10(2)13-6-5-7-19-13/h5-10H,4,15H2,1-3H3. The summed E-state index contributed by atoms with van der Waals surface area (Å²) in [5, 5.41) is 2.02. The molecule has 2 heterocycles. The Labute approximate surface area is 117 Å². The van der Waals surface area contributed by atoms with Crippen LogP contribution in [0.4, 0.5) is 5.69 Å². The molecule has 2 aromatic rings. The Hall–Kier alpha value is -1.75. The van der Waals surface area contributed by atoms with Crippen LogP contribution in [0, 0.1) is 0 Å².